The molecule has 3 aliphatic rings. The maximum absolute atomic E-state index is 5.59. The Hall–Kier alpha value is -0.800. The van der Waals surface area contributed by atoms with Crippen molar-refractivity contribution in [2.24, 2.45) is 5.92 Å². The number of rotatable bonds is 2. The zero-order valence-corrected chi connectivity index (χ0v) is 10.9. The van der Waals surface area contributed by atoms with E-state index >= 15 is 0 Å². The lowest BCUT2D eigenvalue weighted by Gasteiger charge is -2.35. The van der Waals surface area contributed by atoms with Gasteiger partial charge in [0, 0.05) is 30.6 Å². The molecule has 3 heterocycles. The molecule has 18 heavy (non-hydrogen) atoms. The summed E-state index contributed by atoms with van der Waals surface area (Å²) in [7, 11) is 0. The topological polar surface area (TPSA) is 28.4 Å². The van der Waals surface area contributed by atoms with Crippen LogP contribution in [0.1, 0.15) is 43.0 Å². The van der Waals surface area contributed by atoms with Crippen LogP contribution in [-0.2, 0) is 6.42 Å². The normalized spacial score (nSPS) is 38.7. The number of hydrogen-bond acceptors (Lipinski definition) is 3. The summed E-state index contributed by atoms with van der Waals surface area (Å²) >= 11 is 0. The summed E-state index contributed by atoms with van der Waals surface area (Å²) in [5.41, 5.74) is 1.43. The van der Waals surface area contributed by atoms with Gasteiger partial charge in [-0.2, -0.15) is 0 Å². The van der Waals surface area contributed by atoms with Gasteiger partial charge in [0.2, 0.25) is 0 Å². The largest absolute Gasteiger partial charge is 0.469 e. The van der Waals surface area contributed by atoms with Crippen LogP contribution in [0.3, 0.4) is 0 Å². The highest BCUT2D eigenvalue weighted by Gasteiger charge is 2.36. The fraction of sp³-hybridized carbons (Fsp3) is 0.733. The Morgan fingerprint density at radius 1 is 1.22 bits per heavy atom. The smallest absolute Gasteiger partial charge is 0.108 e. The second kappa shape index (κ2) is 4.39. The van der Waals surface area contributed by atoms with Crippen molar-refractivity contribution in [3.8, 4) is 0 Å². The van der Waals surface area contributed by atoms with Crippen LogP contribution in [0.4, 0.5) is 0 Å². The van der Waals surface area contributed by atoms with Gasteiger partial charge in [0.05, 0.1) is 6.26 Å². The number of aryl methyl sites for hydroxylation is 1. The first-order valence-corrected chi connectivity index (χ1v) is 7.45. The van der Waals surface area contributed by atoms with Gasteiger partial charge in [0.15, 0.2) is 0 Å². The molecule has 0 radical (unpaired) electrons. The molecular weight excluding hydrogens is 224 g/mol. The Labute approximate surface area is 109 Å². The van der Waals surface area contributed by atoms with Crippen LogP contribution in [0.5, 0.6) is 0 Å². The molecule has 0 amide bonds. The molecule has 2 saturated heterocycles. The predicted octanol–water partition coefficient (Wildman–Crippen LogP) is 2.34. The summed E-state index contributed by atoms with van der Waals surface area (Å²) in [6.45, 7) is 3.94. The van der Waals surface area contributed by atoms with Gasteiger partial charge in [-0.1, -0.05) is 0 Å². The molecule has 1 aromatic rings. The molecule has 3 heteroatoms. The first kappa shape index (κ1) is 11.1. The molecule has 2 aliphatic heterocycles. The van der Waals surface area contributed by atoms with Crippen LogP contribution in [-0.4, -0.2) is 30.6 Å². The average Bonchev–Trinajstić information content (AvgIpc) is 3.01. The van der Waals surface area contributed by atoms with Crippen LogP contribution in [0, 0.1) is 5.92 Å². The molecule has 4 unspecified atom stereocenters. The minimum Gasteiger partial charge on any atom is -0.469 e. The second-order valence-electron chi connectivity index (χ2n) is 6.16. The summed E-state index contributed by atoms with van der Waals surface area (Å²) in [6, 6.07) is 3.45. The predicted molar refractivity (Wildman–Crippen MR) is 70.5 cm³/mol. The molecule has 4 rings (SSSR count). The highest BCUT2D eigenvalue weighted by Crippen LogP contribution is 2.34. The Kier molecular flexibility index (Phi) is 2.70. The van der Waals surface area contributed by atoms with Crippen molar-refractivity contribution >= 4 is 0 Å². The zero-order chi connectivity index (χ0) is 11.9. The van der Waals surface area contributed by atoms with E-state index in [1.54, 1.807) is 0 Å². The molecule has 3 nitrogen and oxygen atoms in total. The molecule has 1 N–H and O–H groups in total. The van der Waals surface area contributed by atoms with Crippen molar-refractivity contribution in [1.82, 2.24) is 10.2 Å². The van der Waals surface area contributed by atoms with Crippen molar-refractivity contribution in [3.63, 3.8) is 0 Å². The molecular formula is C15H22N2O. The zero-order valence-electron chi connectivity index (χ0n) is 10.9. The van der Waals surface area contributed by atoms with Gasteiger partial charge in [0.1, 0.15) is 5.76 Å². The van der Waals surface area contributed by atoms with Crippen molar-refractivity contribution in [3.05, 3.63) is 23.7 Å². The van der Waals surface area contributed by atoms with Crippen LogP contribution in [0.25, 0.3) is 0 Å². The minimum atomic E-state index is 0.546. The van der Waals surface area contributed by atoms with Crippen molar-refractivity contribution in [2.75, 3.05) is 19.6 Å². The lowest BCUT2D eigenvalue weighted by molar-refractivity contribution is 0.204. The van der Waals surface area contributed by atoms with Crippen molar-refractivity contribution in [1.29, 1.82) is 0 Å². The van der Waals surface area contributed by atoms with Gasteiger partial charge in [-0.15, -0.1) is 0 Å². The molecule has 0 spiro atoms. The number of nitrogens with zero attached hydrogens (tertiary/aromatic N) is 1. The number of nitrogens with one attached hydrogen (secondary N) is 1. The van der Waals surface area contributed by atoms with E-state index < -0.39 is 0 Å². The van der Waals surface area contributed by atoms with Crippen molar-refractivity contribution < 1.29 is 4.42 Å². The second-order valence-corrected chi connectivity index (χ2v) is 6.16. The van der Waals surface area contributed by atoms with Crippen LogP contribution >= 0.6 is 0 Å². The van der Waals surface area contributed by atoms with E-state index in [0.29, 0.717) is 6.04 Å². The quantitative estimate of drug-likeness (QED) is 0.868. The van der Waals surface area contributed by atoms with Gasteiger partial charge in [-0.3, -0.25) is 0 Å². The van der Waals surface area contributed by atoms with E-state index in [0.717, 1.165) is 18.4 Å². The van der Waals surface area contributed by atoms with E-state index in [9.17, 15) is 0 Å². The van der Waals surface area contributed by atoms with Gasteiger partial charge in [-0.05, 0) is 50.8 Å². The van der Waals surface area contributed by atoms with Crippen molar-refractivity contribution in [2.45, 2.75) is 44.2 Å². The first-order chi connectivity index (χ1) is 8.90. The van der Waals surface area contributed by atoms with E-state index in [-0.39, 0.29) is 0 Å². The van der Waals surface area contributed by atoms with Gasteiger partial charge >= 0.3 is 0 Å². The third-order valence-electron chi connectivity index (χ3n) is 5.10. The molecule has 1 aromatic heterocycles. The number of piperidine rings is 1. The monoisotopic (exact) mass is 246 g/mol. The average molecular weight is 246 g/mol. The lowest BCUT2D eigenvalue weighted by atomic mass is 9.89. The Bertz CT molecular complexity index is 428. The van der Waals surface area contributed by atoms with E-state index in [1.165, 1.54) is 56.6 Å². The summed E-state index contributed by atoms with van der Waals surface area (Å²) in [4.78, 5) is 2.62. The number of fused-ring (bicyclic) bond motifs is 3. The molecule has 0 aromatic carbocycles. The molecule has 2 fully saturated rings. The number of hydrogen-bond donors (Lipinski definition) is 1. The fourth-order valence-electron chi connectivity index (χ4n) is 4.09. The van der Waals surface area contributed by atoms with Crippen LogP contribution in [0.15, 0.2) is 16.7 Å². The summed E-state index contributed by atoms with van der Waals surface area (Å²) in [5.74, 6) is 2.11. The maximum atomic E-state index is 5.59. The third-order valence-corrected chi connectivity index (χ3v) is 5.10. The maximum Gasteiger partial charge on any atom is 0.108 e. The SMILES string of the molecule is c1cc2c(o1)CCCC2NC1CCN2CCC1C2. The van der Waals surface area contributed by atoms with Gasteiger partial charge < -0.3 is 14.6 Å². The minimum absolute atomic E-state index is 0.546. The summed E-state index contributed by atoms with van der Waals surface area (Å²) in [5, 5.41) is 3.94. The molecule has 4 atom stereocenters. The van der Waals surface area contributed by atoms with E-state index in [2.05, 4.69) is 16.3 Å². The van der Waals surface area contributed by atoms with E-state index in [4.69, 9.17) is 4.42 Å². The summed E-state index contributed by atoms with van der Waals surface area (Å²) < 4.78 is 5.59. The highest BCUT2D eigenvalue weighted by atomic mass is 16.3. The first-order valence-electron chi connectivity index (χ1n) is 7.45. The molecule has 0 saturated carbocycles. The third kappa shape index (κ3) is 1.81. The summed E-state index contributed by atoms with van der Waals surface area (Å²) in [6.07, 6.45) is 8.25. The molecule has 98 valence electrons. The Morgan fingerprint density at radius 2 is 2.17 bits per heavy atom. The standard InChI is InChI=1S/C15H22N2O/c1-2-14(12-6-9-18-15(12)3-1)16-13-5-8-17-7-4-11(13)10-17/h6,9,11,13-14,16H,1-5,7-8,10H2. The fourth-order valence-corrected chi connectivity index (χ4v) is 4.09. The van der Waals surface area contributed by atoms with Gasteiger partial charge in [-0.25, -0.2) is 0 Å². The lowest BCUT2D eigenvalue weighted by Crippen LogP contribution is -2.45. The number of furan rings is 1. The van der Waals surface area contributed by atoms with Gasteiger partial charge in [0.25, 0.3) is 0 Å². The molecule has 1 aliphatic carbocycles. The van der Waals surface area contributed by atoms with E-state index in [1.807, 2.05) is 6.26 Å². The Morgan fingerprint density at radius 3 is 3.17 bits per heavy atom. The molecule has 2 bridgehead atoms. The highest BCUT2D eigenvalue weighted by molar-refractivity contribution is 5.24. The Balaban J connectivity index is 1.49. The van der Waals surface area contributed by atoms with Crippen LogP contribution in [0.2, 0.25) is 0 Å². The van der Waals surface area contributed by atoms with Crippen LogP contribution < -0.4 is 5.32 Å².